The van der Waals surface area contributed by atoms with Crippen molar-refractivity contribution in [2.45, 2.75) is 50.3 Å². The van der Waals surface area contributed by atoms with Crippen molar-refractivity contribution in [2.24, 2.45) is 0 Å². The Morgan fingerprint density at radius 2 is 2.17 bits per heavy atom. The molecule has 0 aromatic heterocycles. The molecule has 3 atom stereocenters. The van der Waals surface area contributed by atoms with Crippen molar-refractivity contribution in [3.8, 4) is 0 Å². The Labute approximate surface area is 134 Å². The molecule has 2 fully saturated rings. The van der Waals surface area contributed by atoms with Crippen LogP contribution in [0, 0.1) is 5.82 Å². The summed E-state index contributed by atoms with van der Waals surface area (Å²) < 4.78 is 13.5. The number of hydrogen-bond acceptors (Lipinski definition) is 3. The lowest BCUT2D eigenvalue weighted by molar-refractivity contribution is -0.137. The first-order valence-electron chi connectivity index (χ1n) is 8.08. The maximum atomic E-state index is 13.5. The zero-order chi connectivity index (χ0) is 16.4. The van der Waals surface area contributed by atoms with Crippen molar-refractivity contribution < 1.29 is 19.1 Å². The van der Waals surface area contributed by atoms with Gasteiger partial charge in [0.25, 0.3) is 0 Å². The first-order valence-corrected chi connectivity index (χ1v) is 8.08. The summed E-state index contributed by atoms with van der Waals surface area (Å²) in [6.45, 7) is 0.215. The number of benzene rings is 1. The van der Waals surface area contributed by atoms with Crippen molar-refractivity contribution in [2.75, 3.05) is 6.54 Å². The van der Waals surface area contributed by atoms with Gasteiger partial charge in [-0.3, -0.25) is 9.59 Å². The summed E-state index contributed by atoms with van der Waals surface area (Å²) in [7, 11) is 0. The van der Waals surface area contributed by atoms with Crippen molar-refractivity contribution in [1.82, 2.24) is 10.2 Å². The molecule has 1 aromatic carbocycles. The zero-order valence-corrected chi connectivity index (χ0v) is 12.9. The van der Waals surface area contributed by atoms with Crippen LogP contribution in [-0.2, 0) is 9.59 Å². The SMILES string of the molecule is O=C1CCCCC(C(=O)N2CC(O)CC2c2cccc(F)c2)N1. The van der Waals surface area contributed by atoms with Gasteiger partial charge in [0.1, 0.15) is 11.9 Å². The highest BCUT2D eigenvalue weighted by atomic mass is 19.1. The van der Waals surface area contributed by atoms with Crippen LogP contribution < -0.4 is 5.32 Å². The molecule has 3 rings (SSSR count). The van der Waals surface area contributed by atoms with Crippen LogP contribution in [0.5, 0.6) is 0 Å². The average Bonchev–Trinajstić information content (AvgIpc) is 2.78. The van der Waals surface area contributed by atoms with Gasteiger partial charge in [0.15, 0.2) is 0 Å². The second-order valence-electron chi connectivity index (χ2n) is 6.32. The van der Waals surface area contributed by atoms with Crippen LogP contribution in [-0.4, -0.2) is 40.5 Å². The number of β-amino-alcohol motifs (C(OH)–C–C–N with tert-alkyl or cyclic N) is 1. The molecule has 2 amide bonds. The van der Waals surface area contributed by atoms with Crippen molar-refractivity contribution >= 4 is 11.8 Å². The zero-order valence-electron chi connectivity index (χ0n) is 12.9. The minimum Gasteiger partial charge on any atom is -0.391 e. The van der Waals surface area contributed by atoms with Gasteiger partial charge in [-0.2, -0.15) is 0 Å². The van der Waals surface area contributed by atoms with E-state index in [1.807, 2.05) is 0 Å². The van der Waals surface area contributed by atoms with Gasteiger partial charge in [0.2, 0.25) is 11.8 Å². The molecule has 124 valence electrons. The van der Waals surface area contributed by atoms with Crippen molar-refractivity contribution in [3.05, 3.63) is 35.6 Å². The highest BCUT2D eigenvalue weighted by molar-refractivity contribution is 5.88. The summed E-state index contributed by atoms with van der Waals surface area (Å²) >= 11 is 0. The van der Waals surface area contributed by atoms with Gasteiger partial charge in [0.05, 0.1) is 12.1 Å². The number of aliphatic hydroxyl groups is 1. The molecule has 0 aliphatic carbocycles. The van der Waals surface area contributed by atoms with Crippen LogP contribution >= 0.6 is 0 Å². The minimum absolute atomic E-state index is 0.108. The molecule has 5 nitrogen and oxygen atoms in total. The summed E-state index contributed by atoms with van der Waals surface area (Å²) in [5.41, 5.74) is 0.676. The van der Waals surface area contributed by atoms with E-state index in [1.165, 1.54) is 12.1 Å². The average molecular weight is 320 g/mol. The van der Waals surface area contributed by atoms with E-state index in [1.54, 1.807) is 17.0 Å². The Hall–Kier alpha value is -1.95. The van der Waals surface area contributed by atoms with E-state index in [4.69, 9.17) is 0 Å². The van der Waals surface area contributed by atoms with E-state index in [0.29, 0.717) is 24.8 Å². The Morgan fingerprint density at radius 3 is 2.96 bits per heavy atom. The maximum Gasteiger partial charge on any atom is 0.245 e. The molecule has 0 radical (unpaired) electrons. The number of nitrogens with one attached hydrogen (secondary N) is 1. The van der Waals surface area contributed by atoms with Gasteiger partial charge < -0.3 is 15.3 Å². The number of halogens is 1. The van der Waals surface area contributed by atoms with Crippen LogP contribution in [0.2, 0.25) is 0 Å². The number of amides is 2. The molecular formula is C17H21FN2O3. The standard InChI is InChI=1S/C17H21FN2O3/c18-12-5-3-4-11(8-12)15-9-13(21)10-20(15)17(23)14-6-1-2-7-16(22)19-14/h3-5,8,13-15,21H,1-2,6-7,9-10H2,(H,19,22). The third-order valence-electron chi connectivity index (χ3n) is 4.58. The van der Waals surface area contributed by atoms with Gasteiger partial charge in [-0.1, -0.05) is 18.6 Å². The number of aliphatic hydroxyl groups excluding tert-OH is 1. The van der Waals surface area contributed by atoms with Gasteiger partial charge >= 0.3 is 0 Å². The molecule has 3 unspecified atom stereocenters. The van der Waals surface area contributed by atoms with Gasteiger partial charge in [-0.15, -0.1) is 0 Å². The molecule has 6 heteroatoms. The predicted octanol–water partition coefficient (Wildman–Crippen LogP) is 1.52. The molecule has 23 heavy (non-hydrogen) atoms. The van der Waals surface area contributed by atoms with Crippen LogP contribution in [0.4, 0.5) is 4.39 Å². The Balaban J connectivity index is 1.81. The van der Waals surface area contributed by atoms with E-state index in [2.05, 4.69) is 5.32 Å². The largest absolute Gasteiger partial charge is 0.391 e. The van der Waals surface area contributed by atoms with Gasteiger partial charge in [-0.25, -0.2) is 4.39 Å². The molecule has 2 aliphatic heterocycles. The van der Waals surface area contributed by atoms with E-state index in [-0.39, 0.29) is 30.2 Å². The van der Waals surface area contributed by atoms with E-state index in [9.17, 15) is 19.1 Å². The minimum atomic E-state index is -0.631. The fourth-order valence-corrected chi connectivity index (χ4v) is 3.45. The number of carbonyl (C=O) groups excluding carboxylic acids is 2. The van der Waals surface area contributed by atoms with E-state index < -0.39 is 12.1 Å². The van der Waals surface area contributed by atoms with Crippen LogP contribution in [0.15, 0.2) is 24.3 Å². The Morgan fingerprint density at radius 1 is 1.35 bits per heavy atom. The number of likely N-dealkylation sites (tertiary alicyclic amines) is 1. The van der Waals surface area contributed by atoms with Crippen LogP contribution in [0.3, 0.4) is 0 Å². The normalized spacial score (nSPS) is 28.3. The highest BCUT2D eigenvalue weighted by Crippen LogP contribution is 2.33. The highest BCUT2D eigenvalue weighted by Gasteiger charge is 2.38. The topological polar surface area (TPSA) is 69.6 Å². The molecule has 0 saturated carbocycles. The quantitative estimate of drug-likeness (QED) is 0.868. The lowest BCUT2D eigenvalue weighted by Gasteiger charge is -2.28. The Bertz CT molecular complexity index is 607. The lowest BCUT2D eigenvalue weighted by atomic mass is 10.0. The molecule has 0 spiro atoms. The lowest BCUT2D eigenvalue weighted by Crippen LogP contribution is -2.47. The number of rotatable bonds is 2. The first kappa shape index (κ1) is 15.9. The summed E-state index contributed by atoms with van der Waals surface area (Å²) in [4.78, 5) is 26.1. The first-order chi connectivity index (χ1) is 11.0. The molecule has 0 bridgehead atoms. The van der Waals surface area contributed by atoms with Gasteiger partial charge in [0, 0.05) is 13.0 Å². The monoisotopic (exact) mass is 320 g/mol. The third kappa shape index (κ3) is 3.52. The van der Waals surface area contributed by atoms with E-state index >= 15 is 0 Å². The second-order valence-corrected chi connectivity index (χ2v) is 6.32. The summed E-state index contributed by atoms with van der Waals surface area (Å²) in [5, 5.41) is 12.7. The number of carbonyl (C=O) groups is 2. The molecule has 2 saturated heterocycles. The summed E-state index contributed by atoms with van der Waals surface area (Å²) in [6, 6.07) is 5.21. The second kappa shape index (κ2) is 6.66. The smallest absolute Gasteiger partial charge is 0.245 e. The van der Waals surface area contributed by atoms with Crippen LogP contribution in [0.1, 0.15) is 43.7 Å². The molecule has 2 heterocycles. The molecule has 2 N–H and O–H groups in total. The Kier molecular flexibility index (Phi) is 4.61. The molecule has 2 aliphatic rings. The number of nitrogens with zero attached hydrogens (tertiary/aromatic N) is 1. The van der Waals surface area contributed by atoms with Gasteiger partial charge in [-0.05, 0) is 37.0 Å². The van der Waals surface area contributed by atoms with E-state index in [0.717, 1.165) is 12.8 Å². The summed E-state index contributed by atoms with van der Waals surface area (Å²) in [6.07, 6.45) is 2.40. The predicted molar refractivity (Wildman–Crippen MR) is 81.9 cm³/mol. The summed E-state index contributed by atoms with van der Waals surface area (Å²) in [5.74, 6) is -0.659. The third-order valence-corrected chi connectivity index (χ3v) is 4.58. The fraction of sp³-hybridized carbons (Fsp3) is 0.529. The number of hydrogen-bond donors (Lipinski definition) is 2. The molecule has 1 aromatic rings. The van der Waals surface area contributed by atoms with Crippen LogP contribution in [0.25, 0.3) is 0 Å². The van der Waals surface area contributed by atoms with Crippen molar-refractivity contribution in [3.63, 3.8) is 0 Å². The maximum absolute atomic E-state index is 13.5. The fourth-order valence-electron chi connectivity index (χ4n) is 3.45. The van der Waals surface area contributed by atoms with Crippen molar-refractivity contribution in [1.29, 1.82) is 0 Å². The molecular weight excluding hydrogens is 299 g/mol.